The standard InChI is InChI=1S/C41H46N2O7/c1-5-28-11-7-9-13-33(28)39(32-12-8-6-10-27(32)4)42-37(44)24-43-23-34(30-16-19-35-36(22-30)50-25-49-35)38(41(45)46)40(43)29-14-17-31(18-15-29)48-21-20-47-26(2)3/h6-19,22,26,34,38-40H,5,20-21,23-25H2,1-4H3,(H,42,44)(H,45,46)/t34-,38-,39?,40+/m1/s1. The summed E-state index contributed by atoms with van der Waals surface area (Å²) in [7, 11) is 0. The fraction of sp³-hybridized carbons (Fsp3) is 0.366. The number of carbonyl (C=O) groups excluding carboxylic acids is 1. The van der Waals surface area contributed by atoms with E-state index in [1.165, 1.54) is 0 Å². The van der Waals surface area contributed by atoms with E-state index in [0.29, 0.717) is 37.0 Å². The van der Waals surface area contributed by atoms with Gasteiger partial charge in [0.15, 0.2) is 11.5 Å². The van der Waals surface area contributed by atoms with E-state index in [9.17, 15) is 14.7 Å². The molecule has 0 radical (unpaired) electrons. The van der Waals surface area contributed by atoms with Crippen molar-refractivity contribution in [1.82, 2.24) is 10.2 Å². The predicted molar refractivity (Wildman–Crippen MR) is 191 cm³/mol. The first-order valence-corrected chi connectivity index (χ1v) is 17.4. The lowest BCUT2D eigenvalue weighted by molar-refractivity contribution is -0.143. The number of likely N-dealkylation sites (tertiary alicyclic amines) is 1. The summed E-state index contributed by atoms with van der Waals surface area (Å²) in [6, 6.07) is 28.5. The molecule has 0 aliphatic carbocycles. The Kier molecular flexibility index (Phi) is 11.0. The highest BCUT2D eigenvalue weighted by Crippen LogP contribution is 2.48. The Labute approximate surface area is 294 Å². The number of fused-ring (bicyclic) bond motifs is 1. The van der Waals surface area contributed by atoms with Crippen molar-refractivity contribution in [3.05, 3.63) is 124 Å². The third-order valence-electron chi connectivity index (χ3n) is 9.63. The molecule has 0 saturated carbocycles. The van der Waals surface area contributed by atoms with E-state index in [4.69, 9.17) is 18.9 Å². The lowest BCUT2D eigenvalue weighted by Crippen LogP contribution is -2.40. The maximum absolute atomic E-state index is 14.2. The van der Waals surface area contributed by atoms with Crippen LogP contribution in [0, 0.1) is 12.8 Å². The van der Waals surface area contributed by atoms with Crippen LogP contribution in [0.15, 0.2) is 91.0 Å². The number of amides is 1. The van der Waals surface area contributed by atoms with Gasteiger partial charge in [-0.25, -0.2) is 0 Å². The monoisotopic (exact) mass is 678 g/mol. The van der Waals surface area contributed by atoms with Crippen LogP contribution in [0.4, 0.5) is 0 Å². The quantitative estimate of drug-likeness (QED) is 0.140. The van der Waals surface area contributed by atoms with Crippen molar-refractivity contribution in [2.45, 2.75) is 58.2 Å². The van der Waals surface area contributed by atoms with Crippen LogP contribution < -0.4 is 19.5 Å². The number of aryl methyl sites for hydroxylation is 2. The molecule has 0 aromatic heterocycles. The molecule has 9 nitrogen and oxygen atoms in total. The van der Waals surface area contributed by atoms with E-state index in [1.54, 1.807) is 0 Å². The summed E-state index contributed by atoms with van der Waals surface area (Å²) in [5.41, 5.74) is 5.93. The van der Waals surface area contributed by atoms with Crippen LogP contribution >= 0.6 is 0 Å². The van der Waals surface area contributed by atoms with Crippen molar-refractivity contribution in [2.75, 3.05) is 33.1 Å². The van der Waals surface area contributed by atoms with Gasteiger partial charge in [-0.05, 0) is 84.8 Å². The van der Waals surface area contributed by atoms with Gasteiger partial charge in [0.1, 0.15) is 12.4 Å². The first-order chi connectivity index (χ1) is 24.2. The van der Waals surface area contributed by atoms with Gasteiger partial charge in [0.2, 0.25) is 12.7 Å². The smallest absolute Gasteiger partial charge is 0.309 e. The summed E-state index contributed by atoms with van der Waals surface area (Å²) in [5, 5.41) is 14.1. The van der Waals surface area contributed by atoms with Gasteiger partial charge in [0.05, 0.1) is 31.2 Å². The largest absolute Gasteiger partial charge is 0.491 e. The Bertz CT molecular complexity index is 1790. The number of benzene rings is 4. The number of carbonyl (C=O) groups is 2. The maximum Gasteiger partial charge on any atom is 0.309 e. The van der Waals surface area contributed by atoms with E-state index >= 15 is 0 Å². The third kappa shape index (κ3) is 7.79. The van der Waals surface area contributed by atoms with E-state index in [0.717, 1.165) is 39.8 Å². The number of carboxylic acid groups (broad SMARTS) is 1. The normalized spacial score (nSPS) is 19.0. The number of hydrogen-bond acceptors (Lipinski definition) is 7. The second-order valence-electron chi connectivity index (χ2n) is 13.2. The number of rotatable bonds is 14. The molecule has 9 heteroatoms. The van der Waals surface area contributed by atoms with Gasteiger partial charge >= 0.3 is 5.97 Å². The SMILES string of the molecule is CCc1ccccc1C(NC(=O)CN1C[C@H](c2ccc3c(c2)OCO3)[C@@H](C(=O)O)[C@@H]1c1ccc(OCCOC(C)C)cc1)c1ccccc1C. The first-order valence-electron chi connectivity index (χ1n) is 17.4. The Hall–Kier alpha value is -4.86. The minimum absolute atomic E-state index is 0.0109. The van der Waals surface area contributed by atoms with Crippen LogP contribution in [0.25, 0.3) is 0 Å². The lowest BCUT2D eigenvalue weighted by atomic mass is 9.82. The number of hydrogen-bond donors (Lipinski definition) is 2. The van der Waals surface area contributed by atoms with Gasteiger partial charge in [-0.3, -0.25) is 14.5 Å². The highest BCUT2D eigenvalue weighted by Gasteiger charge is 2.48. The predicted octanol–water partition coefficient (Wildman–Crippen LogP) is 6.84. The molecule has 2 aliphatic rings. The van der Waals surface area contributed by atoms with Gasteiger partial charge < -0.3 is 29.4 Å². The van der Waals surface area contributed by atoms with Crippen LogP contribution in [-0.4, -0.2) is 61.1 Å². The summed E-state index contributed by atoms with van der Waals surface area (Å²) in [6.45, 7) is 9.49. The average molecular weight is 679 g/mol. The number of aliphatic carboxylic acids is 1. The molecule has 2 heterocycles. The molecule has 2 N–H and O–H groups in total. The van der Waals surface area contributed by atoms with Crippen LogP contribution in [0.5, 0.6) is 17.2 Å². The molecule has 1 fully saturated rings. The van der Waals surface area contributed by atoms with E-state index < -0.39 is 23.8 Å². The molecule has 0 bridgehead atoms. The second kappa shape index (κ2) is 15.8. The van der Waals surface area contributed by atoms with E-state index in [1.807, 2.05) is 85.5 Å². The van der Waals surface area contributed by atoms with Gasteiger partial charge in [-0.2, -0.15) is 0 Å². The van der Waals surface area contributed by atoms with Gasteiger partial charge in [0.25, 0.3) is 0 Å². The van der Waals surface area contributed by atoms with Crippen LogP contribution in [0.2, 0.25) is 0 Å². The van der Waals surface area contributed by atoms with Gasteiger partial charge in [-0.15, -0.1) is 0 Å². The summed E-state index contributed by atoms with van der Waals surface area (Å²) in [4.78, 5) is 29.4. The number of nitrogens with one attached hydrogen (secondary N) is 1. The fourth-order valence-electron chi connectivity index (χ4n) is 7.24. The van der Waals surface area contributed by atoms with E-state index in [-0.39, 0.29) is 31.4 Å². The van der Waals surface area contributed by atoms with Gasteiger partial charge in [-0.1, -0.05) is 73.7 Å². The molecule has 4 aromatic carbocycles. The van der Waals surface area contributed by atoms with Crippen molar-refractivity contribution in [1.29, 1.82) is 0 Å². The molecule has 0 spiro atoms. The minimum Gasteiger partial charge on any atom is -0.491 e. The third-order valence-corrected chi connectivity index (χ3v) is 9.63. The molecule has 4 atom stereocenters. The zero-order chi connectivity index (χ0) is 35.2. The van der Waals surface area contributed by atoms with Crippen LogP contribution in [-0.2, 0) is 20.7 Å². The molecule has 50 heavy (non-hydrogen) atoms. The maximum atomic E-state index is 14.2. The summed E-state index contributed by atoms with van der Waals surface area (Å²) in [6.07, 6.45) is 0.940. The highest BCUT2D eigenvalue weighted by molar-refractivity contribution is 5.80. The Morgan fingerprint density at radius 1 is 0.900 bits per heavy atom. The first kappa shape index (κ1) is 35.0. The molecule has 1 saturated heterocycles. The van der Waals surface area contributed by atoms with Crippen molar-refractivity contribution < 1.29 is 33.6 Å². The number of nitrogens with zero attached hydrogens (tertiary/aromatic N) is 1. The highest BCUT2D eigenvalue weighted by atomic mass is 16.7. The lowest BCUT2D eigenvalue weighted by Gasteiger charge is -2.29. The zero-order valence-corrected chi connectivity index (χ0v) is 29.1. The molecule has 262 valence electrons. The molecular weight excluding hydrogens is 632 g/mol. The van der Waals surface area contributed by atoms with Gasteiger partial charge in [0, 0.05) is 18.5 Å². The average Bonchev–Trinajstić information content (AvgIpc) is 3.74. The minimum atomic E-state index is -0.929. The molecular formula is C41H46N2O7. The van der Waals surface area contributed by atoms with Crippen molar-refractivity contribution >= 4 is 11.9 Å². The summed E-state index contributed by atoms with van der Waals surface area (Å²) < 4.78 is 22.7. The Balaban J connectivity index is 1.31. The van der Waals surface area contributed by atoms with Crippen molar-refractivity contribution in [3.63, 3.8) is 0 Å². The number of ether oxygens (including phenoxy) is 4. The van der Waals surface area contributed by atoms with Crippen LogP contribution in [0.1, 0.15) is 72.2 Å². The van der Waals surface area contributed by atoms with Crippen molar-refractivity contribution in [3.8, 4) is 17.2 Å². The fourth-order valence-corrected chi connectivity index (χ4v) is 7.24. The van der Waals surface area contributed by atoms with Crippen molar-refractivity contribution in [2.24, 2.45) is 5.92 Å². The molecule has 6 rings (SSSR count). The van der Waals surface area contributed by atoms with E-state index in [2.05, 4.69) is 43.4 Å². The summed E-state index contributed by atoms with van der Waals surface area (Å²) >= 11 is 0. The molecule has 2 aliphatic heterocycles. The second-order valence-corrected chi connectivity index (χ2v) is 13.2. The number of carboxylic acids is 1. The zero-order valence-electron chi connectivity index (χ0n) is 29.1. The molecule has 1 amide bonds. The molecule has 1 unspecified atom stereocenters. The summed E-state index contributed by atoms with van der Waals surface area (Å²) in [5.74, 6) is -0.456. The van der Waals surface area contributed by atoms with Crippen LogP contribution in [0.3, 0.4) is 0 Å². The Morgan fingerprint density at radius 3 is 2.32 bits per heavy atom. The molecule has 4 aromatic rings. The topological polar surface area (TPSA) is 107 Å². The Morgan fingerprint density at radius 2 is 1.60 bits per heavy atom.